The Morgan fingerprint density at radius 3 is 2.38 bits per heavy atom. The normalized spacial score (nSPS) is 10.7. The summed E-state index contributed by atoms with van der Waals surface area (Å²) in [6.07, 6.45) is 5.19. The van der Waals surface area contributed by atoms with E-state index >= 15 is 0 Å². The molecule has 0 N–H and O–H groups in total. The highest BCUT2D eigenvalue weighted by Gasteiger charge is 2.14. The SMILES string of the molecule is COc1ncc(-c2ccnc(-c3nnc(C)n3-c3ccccc3)c2)cn1. The average molecular weight is 344 g/mol. The van der Waals surface area contributed by atoms with E-state index in [-0.39, 0.29) is 0 Å². The summed E-state index contributed by atoms with van der Waals surface area (Å²) >= 11 is 0. The van der Waals surface area contributed by atoms with Gasteiger partial charge in [-0.1, -0.05) is 18.2 Å². The molecular weight excluding hydrogens is 328 g/mol. The van der Waals surface area contributed by atoms with Gasteiger partial charge < -0.3 is 4.74 Å². The lowest BCUT2D eigenvalue weighted by Gasteiger charge is -2.09. The molecule has 0 aliphatic rings. The number of aryl methyl sites for hydroxylation is 1. The summed E-state index contributed by atoms with van der Waals surface area (Å²) in [7, 11) is 1.54. The maximum absolute atomic E-state index is 5.01. The average Bonchev–Trinajstić information content (AvgIpc) is 3.10. The van der Waals surface area contributed by atoms with E-state index in [1.54, 1.807) is 18.6 Å². The molecule has 0 saturated carbocycles. The van der Waals surface area contributed by atoms with E-state index < -0.39 is 0 Å². The lowest BCUT2D eigenvalue weighted by molar-refractivity contribution is 0.380. The van der Waals surface area contributed by atoms with E-state index in [1.807, 2.05) is 54.0 Å². The number of rotatable bonds is 4. The summed E-state index contributed by atoms with van der Waals surface area (Å²) in [6.45, 7) is 1.92. The first-order valence-electron chi connectivity index (χ1n) is 8.06. The molecule has 0 aliphatic heterocycles. The smallest absolute Gasteiger partial charge is 0.316 e. The van der Waals surface area contributed by atoms with Gasteiger partial charge in [-0.2, -0.15) is 0 Å². The van der Waals surface area contributed by atoms with Crippen molar-refractivity contribution in [3.63, 3.8) is 0 Å². The van der Waals surface area contributed by atoms with Crippen molar-refractivity contribution in [3.8, 4) is 34.3 Å². The zero-order chi connectivity index (χ0) is 17.9. The molecule has 128 valence electrons. The summed E-state index contributed by atoms with van der Waals surface area (Å²) in [5.41, 5.74) is 3.53. The molecule has 7 heteroatoms. The van der Waals surface area contributed by atoms with Crippen LogP contribution < -0.4 is 4.74 Å². The van der Waals surface area contributed by atoms with E-state index in [2.05, 4.69) is 25.1 Å². The molecule has 0 fully saturated rings. The zero-order valence-corrected chi connectivity index (χ0v) is 14.4. The van der Waals surface area contributed by atoms with Gasteiger partial charge >= 0.3 is 6.01 Å². The largest absolute Gasteiger partial charge is 0.467 e. The van der Waals surface area contributed by atoms with Gasteiger partial charge in [0, 0.05) is 29.8 Å². The van der Waals surface area contributed by atoms with Crippen molar-refractivity contribution in [2.24, 2.45) is 0 Å². The molecule has 0 saturated heterocycles. The van der Waals surface area contributed by atoms with Crippen LogP contribution in [0.15, 0.2) is 61.1 Å². The zero-order valence-electron chi connectivity index (χ0n) is 14.4. The van der Waals surface area contributed by atoms with Crippen LogP contribution in [0.2, 0.25) is 0 Å². The fraction of sp³-hybridized carbons (Fsp3) is 0.105. The Kier molecular flexibility index (Phi) is 4.10. The summed E-state index contributed by atoms with van der Waals surface area (Å²) in [5, 5.41) is 8.55. The van der Waals surface area contributed by atoms with E-state index in [0.717, 1.165) is 28.3 Å². The minimum Gasteiger partial charge on any atom is -0.467 e. The molecule has 0 amide bonds. The van der Waals surface area contributed by atoms with Crippen LogP contribution in [0.5, 0.6) is 6.01 Å². The molecule has 4 rings (SSSR count). The Bertz CT molecular complexity index is 1030. The van der Waals surface area contributed by atoms with Crippen LogP contribution in [-0.4, -0.2) is 36.8 Å². The molecule has 0 unspecified atom stereocenters. The van der Waals surface area contributed by atoms with Crippen LogP contribution in [0.3, 0.4) is 0 Å². The quantitative estimate of drug-likeness (QED) is 0.566. The third-order valence-electron chi connectivity index (χ3n) is 3.97. The van der Waals surface area contributed by atoms with E-state index in [4.69, 9.17) is 4.74 Å². The number of hydrogen-bond donors (Lipinski definition) is 0. The molecule has 0 bridgehead atoms. The highest BCUT2D eigenvalue weighted by atomic mass is 16.5. The van der Waals surface area contributed by atoms with Gasteiger partial charge in [0.15, 0.2) is 5.82 Å². The number of aromatic nitrogens is 6. The number of para-hydroxylation sites is 1. The first-order chi connectivity index (χ1) is 12.8. The minimum absolute atomic E-state index is 0.336. The van der Waals surface area contributed by atoms with Gasteiger partial charge in [-0.05, 0) is 36.8 Å². The lowest BCUT2D eigenvalue weighted by atomic mass is 10.1. The molecule has 1 aromatic carbocycles. The second-order valence-electron chi connectivity index (χ2n) is 5.63. The Morgan fingerprint density at radius 2 is 1.65 bits per heavy atom. The van der Waals surface area contributed by atoms with Crippen molar-refractivity contribution in [2.75, 3.05) is 7.11 Å². The van der Waals surface area contributed by atoms with Crippen molar-refractivity contribution in [3.05, 3.63) is 66.9 Å². The summed E-state index contributed by atoms with van der Waals surface area (Å²) in [5.74, 6) is 1.48. The fourth-order valence-corrected chi connectivity index (χ4v) is 2.72. The third kappa shape index (κ3) is 2.90. The van der Waals surface area contributed by atoms with Crippen LogP contribution in [-0.2, 0) is 0 Å². The molecule has 0 aliphatic carbocycles. The number of ether oxygens (including phenoxy) is 1. The topological polar surface area (TPSA) is 78.6 Å². The number of pyridine rings is 1. The standard InChI is InChI=1S/C19H16N6O/c1-13-23-24-18(25(13)16-6-4-3-5-7-16)17-10-14(8-9-20-17)15-11-21-19(26-2)22-12-15/h3-12H,1-2H3. The van der Waals surface area contributed by atoms with Gasteiger partial charge in [0.25, 0.3) is 0 Å². The monoisotopic (exact) mass is 344 g/mol. The van der Waals surface area contributed by atoms with Crippen LogP contribution >= 0.6 is 0 Å². The van der Waals surface area contributed by atoms with Gasteiger partial charge in [0.1, 0.15) is 11.5 Å². The van der Waals surface area contributed by atoms with Crippen molar-refractivity contribution in [1.82, 2.24) is 29.7 Å². The lowest BCUT2D eigenvalue weighted by Crippen LogP contribution is -2.01. The molecule has 0 atom stereocenters. The summed E-state index contributed by atoms with van der Waals surface area (Å²) in [4.78, 5) is 12.8. The Balaban J connectivity index is 1.78. The van der Waals surface area contributed by atoms with Crippen LogP contribution in [0.1, 0.15) is 5.82 Å². The minimum atomic E-state index is 0.336. The van der Waals surface area contributed by atoms with Crippen LogP contribution in [0.25, 0.3) is 28.3 Å². The maximum Gasteiger partial charge on any atom is 0.316 e. The maximum atomic E-state index is 5.01. The fourth-order valence-electron chi connectivity index (χ4n) is 2.72. The summed E-state index contributed by atoms with van der Waals surface area (Å²) < 4.78 is 6.99. The first kappa shape index (κ1) is 15.9. The first-order valence-corrected chi connectivity index (χ1v) is 8.06. The van der Waals surface area contributed by atoms with Crippen molar-refractivity contribution in [1.29, 1.82) is 0 Å². The van der Waals surface area contributed by atoms with E-state index in [1.165, 1.54) is 7.11 Å². The van der Waals surface area contributed by atoms with Crippen LogP contribution in [0.4, 0.5) is 0 Å². The molecule has 4 aromatic rings. The van der Waals surface area contributed by atoms with Crippen LogP contribution in [0, 0.1) is 6.92 Å². The third-order valence-corrected chi connectivity index (χ3v) is 3.97. The van der Waals surface area contributed by atoms with Gasteiger partial charge in [0.2, 0.25) is 0 Å². The molecule has 0 radical (unpaired) electrons. The highest BCUT2D eigenvalue weighted by molar-refractivity contribution is 5.67. The molecule has 0 spiro atoms. The van der Waals surface area contributed by atoms with Gasteiger partial charge in [-0.3, -0.25) is 9.55 Å². The Hall–Kier alpha value is -3.61. The van der Waals surface area contributed by atoms with Crippen molar-refractivity contribution in [2.45, 2.75) is 6.92 Å². The van der Waals surface area contributed by atoms with Crippen molar-refractivity contribution < 1.29 is 4.74 Å². The second-order valence-corrected chi connectivity index (χ2v) is 5.63. The van der Waals surface area contributed by atoms with Gasteiger partial charge in [-0.15, -0.1) is 10.2 Å². The molecule has 7 nitrogen and oxygen atoms in total. The number of benzene rings is 1. The number of methoxy groups -OCH3 is 1. The molecule has 26 heavy (non-hydrogen) atoms. The van der Waals surface area contributed by atoms with Gasteiger partial charge in [-0.25, -0.2) is 9.97 Å². The predicted octanol–water partition coefficient (Wildman–Crippen LogP) is 3.10. The molecule has 3 heterocycles. The Morgan fingerprint density at radius 1 is 0.885 bits per heavy atom. The molecule has 3 aromatic heterocycles. The molecular formula is C19H16N6O. The second kappa shape index (κ2) is 6.72. The van der Waals surface area contributed by atoms with Crippen molar-refractivity contribution >= 4 is 0 Å². The van der Waals surface area contributed by atoms with Gasteiger partial charge in [0.05, 0.1) is 7.11 Å². The highest BCUT2D eigenvalue weighted by Crippen LogP contribution is 2.25. The number of hydrogen-bond acceptors (Lipinski definition) is 6. The van der Waals surface area contributed by atoms with E-state index in [0.29, 0.717) is 11.8 Å². The predicted molar refractivity (Wildman–Crippen MR) is 96.9 cm³/mol. The summed E-state index contributed by atoms with van der Waals surface area (Å²) in [6, 6.07) is 14.2. The Labute approximate surface area is 150 Å². The number of nitrogens with zero attached hydrogens (tertiary/aromatic N) is 6. The van der Waals surface area contributed by atoms with E-state index in [9.17, 15) is 0 Å².